The van der Waals surface area contributed by atoms with Gasteiger partial charge in [0, 0.05) is 19.3 Å². The van der Waals surface area contributed by atoms with Gasteiger partial charge in [0.1, 0.15) is 0 Å². The van der Waals surface area contributed by atoms with Gasteiger partial charge in [-0.05, 0) is 32.0 Å². The molecule has 5 heteroatoms. The SMILES string of the molecule is COCCCNCc1nnc(-c2cccc(C)c2)o1. The molecule has 5 nitrogen and oxygen atoms in total. The Morgan fingerprint density at radius 2 is 2.21 bits per heavy atom. The van der Waals surface area contributed by atoms with E-state index in [0.717, 1.165) is 25.1 Å². The maximum atomic E-state index is 5.62. The van der Waals surface area contributed by atoms with Crippen molar-refractivity contribution < 1.29 is 9.15 Å². The summed E-state index contributed by atoms with van der Waals surface area (Å²) >= 11 is 0. The molecule has 0 bridgehead atoms. The summed E-state index contributed by atoms with van der Waals surface area (Å²) in [5.41, 5.74) is 2.13. The van der Waals surface area contributed by atoms with Crippen molar-refractivity contribution in [3.05, 3.63) is 35.7 Å². The molecule has 102 valence electrons. The van der Waals surface area contributed by atoms with Gasteiger partial charge in [0.15, 0.2) is 0 Å². The Hall–Kier alpha value is -1.72. The number of methoxy groups -OCH3 is 1. The Balaban J connectivity index is 1.88. The van der Waals surface area contributed by atoms with E-state index in [1.165, 1.54) is 5.56 Å². The van der Waals surface area contributed by atoms with Crippen molar-refractivity contribution in [2.45, 2.75) is 19.9 Å². The second-order valence-corrected chi connectivity index (χ2v) is 4.39. The third kappa shape index (κ3) is 4.15. The van der Waals surface area contributed by atoms with Crippen molar-refractivity contribution in [1.82, 2.24) is 15.5 Å². The van der Waals surface area contributed by atoms with Crippen molar-refractivity contribution in [3.63, 3.8) is 0 Å². The van der Waals surface area contributed by atoms with Crippen LogP contribution in [0.15, 0.2) is 28.7 Å². The second-order valence-electron chi connectivity index (χ2n) is 4.39. The van der Waals surface area contributed by atoms with Crippen LogP contribution in [0.25, 0.3) is 11.5 Å². The van der Waals surface area contributed by atoms with Crippen molar-refractivity contribution in [3.8, 4) is 11.5 Å². The molecule has 0 aliphatic carbocycles. The van der Waals surface area contributed by atoms with Crippen LogP contribution in [0.5, 0.6) is 0 Å². The van der Waals surface area contributed by atoms with E-state index in [1.54, 1.807) is 7.11 Å². The lowest BCUT2D eigenvalue weighted by atomic mass is 10.1. The van der Waals surface area contributed by atoms with Crippen LogP contribution in [-0.2, 0) is 11.3 Å². The summed E-state index contributed by atoms with van der Waals surface area (Å²) in [6.45, 7) is 4.25. The van der Waals surface area contributed by atoms with Crippen LogP contribution in [0, 0.1) is 6.92 Å². The number of rotatable bonds is 7. The molecule has 0 unspecified atom stereocenters. The van der Waals surface area contributed by atoms with Gasteiger partial charge in [-0.25, -0.2) is 0 Å². The smallest absolute Gasteiger partial charge is 0.247 e. The van der Waals surface area contributed by atoms with Crippen LogP contribution in [0.1, 0.15) is 17.9 Å². The third-order valence-electron chi connectivity index (χ3n) is 2.71. The van der Waals surface area contributed by atoms with E-state index in [-0.39, 0.29) is 0 Å². The minimum atomic E-state index is 0.567. The number of benzene rings is 1. The average molecular weight is 261 g/mol. The lowest BCUT2D eigenvalue weighted by molar-refractivity contribution is 0.194. The Kier molecular flexibility index (Phi) is 5.06. The Morgan fingerprint density at radius 1 is 1.32 bits per heavy atom. The first-order valence-electron chi connectivity index (χ1n) is 6.38. The van der Waals surface area contributed by atoms with Crippen LogP contribution in [0.3, 0.4) is 0 Å². The number of hydrogen-bond donors (Lipinski definition) is 1. The summed E-state index contributed by atoms with van der Waals surface area (Å²) in [5, 5.41) is 11.3. The van der Waals surface area contributed by atoms with Crippen molar-refractivity contribution in [1.29, 1.82) is 0 Å². The molecule has 0 atom stereocenters. The summed E-state index contributed by atoms with van der Waals surface area (Å²) in [7, 11) is 1.70. The molecule has 0 saturated heterocycles. The largest absolute Gasteiger partial charge is 0.419 e. The lowest BCUT2D eigenvalue weighted by Gasteiger charge is -2.00. The quantitative estimate of drug-likeness (QED) is 0.774. The molecule has 1 aromatic carbocycles. The molecule has 0 saturated carbocycles. The normalized spacial score (nSPS) is 10.8. The molecule has 0 radical (unpaired) electrons. The molecular formula is C14H19N3O2. The number of nitrogens with one attached hydrogen (secondary N) is 1. The molecule has 0 aliphatic rings. The Labute approximate surface area is 113 Å². The number of aryl methyl sites for hydroxylation is 1. The van der Waals surface area contributed by atoms with Gasteiger partial charge in [-0.3, -0.25) is 0 Å². The summed E-state index contributed by atoms with van der Waals surface area (Å²) in [6.07, 6.45) is 0.968. The van der Waals surface area contributed by atoms with E-state index >= 15 is 0 Å². The highest BCUT2D eigenvalue weighted by Crippen LogP contribution is 2.18. The molecule has 2 aromatic rings. The zero-order valence-corrected chi connectivity index (χ0v) is 11.3. The maximum Gasteiger partial charge on any atom is 0.247 e. The van der Waals surface area contributed by atoms with Crippen LogP contribution >= 0.6 is 0 Å². The number of nitrogens with zero attached hydrogens (tertiary/aromatic N) is 2. The molecule has 1 N–H and O–H groups in total. The molecule has 0 spiro atoms. The second kappa shape index (κ2) is 7.01. The average Bonchev–Trinajstić information content (AvgIpc) is 2.87. The van der Waals surface area contributed by atoms with Gasteiger partial charge in [0.05, 0.1) is 6.54 Å². The monoisotopic (exact) mass is 261 g/mol. The molecule has 2 rings (SSSR count). The molecule has 1 heterocycles. The van der Waals surface area contributed by atoms with Crippen molar-refractivity contribution in [2.75, 3.05) is 20.3 Å². The van der Waals surface area contributed by atoms with Crippen LogP contribution < -0.4 is 5.32 Å². The van der Waals surface area contributed by atoms with Crippen LogP contribution in [0.2, 0.25) is 0 Å². The summed E-state index contributed by atoms with van der Waals surface area (Å²) in [4.78, 5) is 0. The van der Waals surface area contributed by atoms with Crippen molar-refractivity contribution in [2.24, 2.45) is 0 Å². The first kappa shape index (κ1) is 13.7. The first-order valence-corrected chi connectivity index (χ1v) is 6.38. The predicted molar refractivity (Wildman–Crippen MR) is 72.7 cm³/mol. The fourth-order valence-electron chi connectivity index (χ4n) is 1.76. The van der Waals surface area contributed by atoms with Crippen LogP contribution in [-0.4, -0.2) is 30.5 Å². The lowest BCUT2D eigenvalue weighted by Crippen LogP contribution is -2.16. The third-order valence-corrected chi connectivity index (χ3v) is 2.71. The molecule has 0 fully saturated rings. The summed E-state index contributed by atoms with van der Waals surface area (Å²) < 4.78 is 10.6. The number of hydrogen-bond acceptors (Lipinski definition) is 5. The van der Waals surface area contributed by atoms with E-state index in [9.17, 15) is 0 Å². The highest BCUT2D eigenvalue weighted by molar-refractivity contribution is 5.53. The first-order chi connectivity index (χ1) is 9.29. The van der Waals surface area contributed by atoms with E-state index in [2.05, 4.69) is 15.5 Å². The minimum absolute atomic E-state index is 0.567. The summed E-state index contributed by atoms with van der Waals surface area (Å²) in [5.74, 6) is 1.17. The molecule has 1 aromatic heterocycles. The number of ether oxygens (including phenoxy) is 1. The standard InChI is InChI=1S/C14H19N3O2/c1-11-5-3-6-12(9-11)14-17-16-13(19-14)10-15-7-4-8-18-2/h3,5-6,9,15H,4,7-8,10H2,1-2H3. The maximum absolute atomic E-state index is 5.62. The predicted octanol–water partition coefficient (Wildman–Crippen LogP) is 2.17. The Bertz CT molecular complexity index is 511. The van der Waals surface area contributed by atoms with Gasteiger partial charge < -0.3 is 14.5 Å². The van der Waals surface area contributed by atoms with E-state index in [4.69, 9.17) is 9.15 Å². The van der Waals surface area contributed by atoms with Crippen LogP contribution in [0.4, 0.5) is 0 Å². The molecular weight excluding hydrogens is 242 g/mol. The van der Waals surface area contributed by atoms with Gasteiger partial charge in [0.2, 0.25) is 11.8 Å². The number of aromatic nitrogens is 2. The highest BCUT2D eigenvalue weighted by atomic mass is 16.5. The van der Waals surface area contributed by atoms with Gasteiger partial charge in [-0.1, -0.05) is 17.7 Å². The highest BCUT2D eigenvalue weighted by Gasteiger charge is 2.07. The molecule has 0 amide bonds. The van der Waals surface area contributed by atoms with Gasteiger partial charge in [0.25, 0.3) is 0 Å². The summed E-state index contributed by atoms with van der Waals surface area (Å²) in [6, 6.07) is 8.02. The van der Waals surface area contributed by atoms with Crippen molar-refractivity contribution >= 4 is 0 Å². The Morgan fingerprint density at radius 3 is 3.00 bits per heavy atom. The molecule has 0 aliphatic heterocycles. The van der Waals surface area contributed by atoms with Gasteiger partial charge in [-0.2, -0.15) is 0 Å². The topological polar surface area (TPSA) is 60.2 Å². The van der Waals surface area contributed by atoms with Gasteiger partial charge in [-0.15, -0.1) is 10.2 Å². The zero-order valence-electron chi connectivity index (χ0n) is 11.3. The molecule has 19 heavy (non-hydrogen) atoms. The van der Waals surface area contributed by atoms with E-state index in [1.807, 2.05) is 31.2 Å². The fourth-order valence-corrected chi connectivity index (χ4v) is 1.76. The zero-order chi connectivity index (χ0) is 13.5. The fraction of sp³-hybridized carbons (Fsp3) is 0.429. The van der Waals surface area contributed by atoms with E-state index < -0.39 is 0 Å². The minimum Gasteiger partial charge on any atom is -0.419 e. The van der Waals surface area contributed by atoms with Gasteiger partial charge >= 0.3 is 0 Å². The van der Waals surface area contributed by atoms with E-state index in [0.29, 0.717) is 18.3 Å².